The molecule has 6 heteroatoms. The van der Waals surface area contributed by atoms with Gasteiger partial charge in [0.2, 0.25) is 0 Å². The van der Waals surface area contributed by atoms with E-state index in [1.54, 1.807) is 11.0 Å². The number of carbonyl (C=O) groups excluding carboxylic acids is 1. The summed E-state index contributed by atoms with van der Waals surface area (Å²) in [6, 6.07) is 2.85. The lowest BCUT2D eigenvalue weighted by molar-refractivity contribution is 0.0691. The van der Waals surface area contributed by atoms with E-state index in [9.17, 15) is 9.59 Å². The Balaban J connectivity index is 2.10. The largest absolute Gasteiger partial charge is 0.476 e. The summed E-state index contributed by atoms with van der Waals surface area (Å²) in [5, 5.41) is 11.6. The maximum Gasteiger partial charge on any atom is 0.356 e. The van der Waals surface area contributed by atoms with E-state index >= 15 is 0 Å². The standard InChI is InChI=1S/C13H17N3O3/c1-13(2)5-7-16(8-13)12(19)15-9-4-3-6-14-10(9)11(17)18/h3-4,6H,5,7-8H2,1-2H3,(H,15,19)(H,17,18). The van der Waals surface area contributed by atoms with Gasteiger partial charge in [0.15, 0.2) is 5.69 Å². The van der Waals surface area contributed by atoms with Crippen molar-refractivity contribution >= 4 is 17.7 Å². The van der Waals surface area contributed by atoms with Crippen LogP contribution in [0.4, 0.5) is 10.5 Å². The molecule has 0 radical (unpaired) electrons. The molecule has 2 rings (SSSR count). The highest BCUT2D eigenvalue weighted by Crippen LogP contribution is 2.29. The first kappa shape index (κ1) is 13.3. The monoisotopic (exact) mass is 263 g/mol. The van der Waals surface area contributed by atoms with Gasteiger partial charge in [-0.1, -0.05) is 13.8 Å². The maximum absolute atomic E-state index is 12.1. The number of hydrogen-bond acceptors (Lipinski definition) is 3. The summed E-state index contributed by atoms with van der Waals surface area (Å²) in [6.07, 6.45) is 2.33. The molecule has 0 unspecified atom stereocenters. The van der Waals surface area contributed by atoms with Gasteiger partial charge in [0.05, 0.1) is 5.69 Å². The molecule has 1 aliphatic heterocycles. The van der Waals surface area contributed by atoms with E-state index in [0.717, 1.165) is 6.42 Å². The van der Waals surface area contributed by atoms with Crippen LogP contribution >= 0.6 is 0 Å². The fourth-order valence-electron chi connectivity index (χ4n) is 2.16. The van der Waals surface area contributed by atoms with Crippen LogP contribution in [0.2, 0.25) is 0 Å². The SMILES string of the molecule is CC1(C)CCN(C(=O)Nc2cccnc2C(=O)O)C1. The lowest BCUT2D eigenvalue weighted by Crippen LogP contribution is -2.34. The minimum Gasteiger partial charge on any atom is -0.476 e. The summed E-state index contributed by atoms with van der Waals surface area (Å²) in [4.78, 5) is 28.5. The second-order valence-electron chi connectivity index (χ2n) is 5.47. The molecule has 0 saturated carbocycles. The van der Waals surface area contributed by atoms with Crippen molar-refractivity contribution in [2.24, 2.45) is 5.41 Å². The number of carboxylic acids is 1. The molecular weight excluding hydrogens is 246 g/mol. The first-order valence-corrected chi connectivity index (χ1v) is 6.13. The number of hydrogen-bond donors (Lipinski definition) is 2. The first-order valence-electron chi connectivity index (χ1n) is 6.13. The number of rotatable bonds is 2. The number of nitrogens with one attached hydrogen (secondary N) is 1. The third kappa shape index (κ3) is 3.01. The van der Waals surface area contributed by atoms with Crippen LogP contribution in [-0.4, -0.2) is 40.1 Å². The zero-order valence-corrected chi connectivity index (χ0v) is 11.0. The van der Waals surface area contributed by atoms with Gasteiger partial charge in [0, 0.05) is 19.3 Å². The third-order valence-electron chi connectivity index (χ3n) is 3.22. The summed E-state index contributed by atoms with van der Waals surface area (Å²) in [5.74, 6) is -1.15. The Morgan fingerprint density at radius 2 is 2.21 bits per heavy atom. The van der Waals surface area contributed by atoms with E-state index in [2.05, 4.69) is 24.1 Å². The van der Waals surface area contributed by atoms with Crippen molar-refractivity contribution in [2.45, 2.75) is 20.3 Å². The van der Waals surface area contributed by atoms with Gasteiger partial charge in [0.25, 0.3) is 0 Å². The normalized spacial score (nSPS) is 17.3. The molecule has 6 nitrogen and oxygen atoms in total. The number of carboxylic acid groups (broad SMARTS) is 1. The molecule has 102 valence electrons. The number of aromatic nitrogens is 1. The van der Waals surface area contributed by atoms with E-state index < -0.39 is 5.97 Å². The molecule has 0 aromatic carbocycles. The first-order chi connectivity index (χ1) is 8.89. The van der Waals surface area contributed by atoms with Crippen molar-refractivity contribution in [3.63, 3.8) is 0 Å². The van der Waals surface area contributed by atoms with Crippen molar-refractivity contribution in [3.05, 3.63) is 24.0 Å². The van der Waals surface area contributed by atoms with E-state index in [1.807, 2.05) is 0 Å². The topological polar surface area (TPSA) is 82.5 Å². The van der Waals surface area contributed by atoms with E-state index in [-0.39, 0.29) is 22.8 Å². The van der Waals surface area contributed by atoms with Crippen LogP contribution in [0.1, 0.15) is 30.8 Å². The minimum absolute atomic E-state index is 0.113. The molecule has 1 aliphatic rings. The Hall–Kier alpha value is -2.11. The molecule has 0 atom stereocenters. The molecule has 2 N–H and O–H groups in total. The second-order valence-corrected chi connectivity index (χ2v) is 5.47. The molecule has 0 spiro atoms. The number of anilines is 1. The fraction of sp³-hybridized carbons (Fsp3) is 0.462. The van der Waals surface area contributed by atoms with Crippen LogP contribution in [0.15, 0.2) is 18.3 Å². The lowest BCUT2D eigenvalue weighted by Gasteiger charge is -2.20. The van der Waals surface area contributed by atoms with Crippen molar-refractivity contribution in [1.82, 2.24) is 9.88 Å². The van der Waals surface area contributed by atoms with Crippen LogP contribution in [0, 0.1) is 5.41 Å². The number of aromatic carboxylic acids is 1. The Morgan fingerprint density at radius 3 is 2.79 bits per heavy atom. The lowest BCUT2D eigenvalue weighted by atomic mass is 9.93. The molecule has 1 aromatic rings. The Kier molecular flexibility index (Phi) is 3.42. The van der Waals surface area contributed by atoms with Crippen LogP contribution < -0.4 is 5.32 Å². The molecule has 1 saturated heterocycles. The zero-order valence-electron chi connectivity index (χ0n) is 11.0. The van der Waals surface area contributed by atoms with Gasteiger partial charge in [-0.2, -0.15) is 0 Å². The molecule has 1 aromatic heterocycles. The van der Waals surface area contributed by atoms with Crippen LogP contribution in [0.25, 0.3) is 0 Å². The zero-order chi connectivity index (χ0) is 14.0. The predicted octanol–water partition coefficient (Wildman–Crippen LogP) is 2.04. The maximum atomic E-state index is 12.1. The van der Waals surface area contributed by atoms with Crippen molar-refractivity contribution in [3.8, 4) is 0 Å². The van der Waals surface area contributed by atoms with Crippen molar-refractivity contribution in [2.75, 3.05) is 18.4 Å². The van der Waals surface area contributed by atoms with Gasteiger partial charge in [-0.3, -0.25) is 0 Å². The summed E-state index contributed by atoms with van der Waals surface area (Å²) in [6.45, 7) is 5.56. The highest BCUT2D eigenvalue weighted by Gasteiger charge is 2.32. The molecule has 19 heavy (non-hydrogen) atoms. The Labute approximate surface area is 111 Å². The van der Waals surface area contributed by atoms with E-state index in [0.29, 0.717) is 13.1 Å². The summed E-state index contributed by atoms with van der Waals surface area (Å²) >= 11 is 0. The quantitative estimate of drug-likeness (QED) is 0.855. The molecule has 0 bridgehead atoms. The van der Waals surface area contributed by atoms with Crippen LogP contribution in [0.5, 0.6) is 0 Å². The van der Waals surface area contributed by atoms with Crippen molar-refractivity contribution < 1.29 is 14.7 Å². The minimum atomic E-state index is -1.15. The molecule has 2 amide bonds. The predicted molar refractivity (Wildman–Crippen MR) is 70.2 cm³/mol. The van der Waals surface area contributed by atoms with Crippen molar-refractivity contribution in [1.29, 1.82) is 0 Å². The number of carbonyl (C=O) groups is 2. The smallest absolute Gasteiger partial charge is 0.356 e. The molecular formula is C13H17N3O3. The Bertz CT molecular complexity index is 514. The summed E-state index contributed by atoms with van der Waals surface area (Å²) in [5.41, 5.74) is 0.195. The molecule has 0 aliphatic carbocycles. The average molecular weight is 263 g/mol. The van der Waals surface area contributed by atoms with Crippen LogP contribution in [-0.2, 0) is 0 Å². The number of likely N-dealkylation sites (tertiary alicyclic amines) is 1. The van der Waals surface area contributed by atoms with Gasteiger partial charge < -0.3 is 15.3 Å². The van der Waals surface area contributed by atoms with Gasteiger partial charge in [-0.05, 0) is 24.0 Å². The van der Waals surface area contributed by atoms with Crippen LogP contribution in [0.3, 0.4) is 0 Å². The van der Waals surface area contributed by atoms with Gasteiger partial charge in [0.1, 0.15) is 0 Å². The highest BCUT2D eigenvalue weighted by atomic mass is 16.4. The average Bonchev–Trinajstić information content (AvgIpc) is 2.70. The third-order valence-corrected chi connectivity index (χ3v) is 3.22. The number of urea groups is 1. The summed E-state index contributed by atoms with van der Waals surface area (Å²) < 4.78 is 0. The van der Waals surface area contributed by atoms with Gasteiger partial charge >= 0.3 is 12.0 Å². The van der Waals surface area contributed by atoms with Gasteiger partial charge in [-0.15, -0.1) is 0 Å². The van der Waals surface area contributed by atoms with E-state index in [4.69, 9.17) is 5.11 Å². The van der Waals surface area contributed by atoms with E-state index in [1.165, 1.54) is 12.3 Å². The van der Waals surface area contributed by atoms with Gasteiger partial charge in [-0.25, -0.2) is 14.6 Å². The number of nitrogens with zero attached hydrogens (tertiary/aromatic N) is 2. The molecule has 1 fully saturated rings. The summed E-state index contributed by atoms with van der Waals surface area (Å²) in [7, 11) is 0. The number of pyridine rings is 1. The fourth-order valence-corrected chi connectivity index (χ4v) is 2.16. The Morgan fingerprint density at radius 1 is 1.47 bits per heavy atom. The highest BCUT2D eigenvalue weighted by molar-refractivity contribution is 5.98. The molecule has 2 heterocycles. The number of amides is 2. The second kappa shape index (κ2) is 4.87.